The van der Waals surface area contributed by atoms with Crippen LogP contribution in [0.3, 0.4) is 0 Å². The van der Waals surface area contributed by atoms with Gasteiger partial charge in [0.05, 0.1) is 28.6 Å². The van der Waals surface area contributed by atoms with E-state index < -0.39 is 0 Å². The van der Waals surface area contributed by atoms with Gasteiger partial charge in [0, 0.05) is 28.8 Å². The van der Waals surface area contributed by atoms with Crippen molar-refractivity contribution in [3.63, 3.8) is 0 Å². The van der Waals surface area contributed by atoms with Crippen LogP contribution in [0.15, 0.2) is 48.8 Å². The first-order chi connectivity index (χ1) is 12.7. The molecule has 0 saturated heterocycles. The number of aromatic nitrogens is 3. The standard InChI is InChI=1S/C21H20N4O.ClH.H2O/c1-3-4-19(26)14-5-7-15(8-6-14)25-18-11-13(2)24-16-9-10-17-21(20(16)18)23-12-22-17;;/h5-12H,3-4H2,1-2H3,(H,22,23)(H,24,25);1H;1H2. The van der Waals surface area contributed by atoms with Gasteiger partial charge in [0.15, 0.2) is 5.78 Å². The van der Waals surface area contributed by atoms with Crippen LogP contribution < -0.4 is 5.32 Å². The molecule has 146 valence electrons. The lowest BCUT2D eigenvalue weighted by Crippen LogP contribution is -1.99. The molecule has 0 aliphatic heterocycles. The van der Waals surface area contributed by atoms with Crippen molar-refractivity contribution in [1.29, 1.82) is 0 Å². The molecule has 0 unspecified atom stereocenters. The van der Waals surface area contributed by atoms with Crippen molar-refractivity contribution < 1.29 is 10.3 Å². The maximum absolute atomic E-state index is 12.0. The number of hydrogen-bond donors (Lipinski definition) is 2. The largest absolute Gasteiger partial charge is 0.412 e. The summed E-state index contributed by atoms with van der Waals surface area (Å²) in [6, 6.07) is 13.6. The summed E-state index contributed by atoms with van der Waals surface area (Å²) < 4.78 is 0. The Morgan fingerprint density at radius 3 is 2.54 bits per heavy atom. The van der Waals surface area contributed by atoms with Gasteiger partial charge < -0.3 is 15.8 Å². The highest BCUT2D eigenvalue weighted by atomic mass is 35.5. The minimum atomic E-state index is 0. The summed E-state index contributed by atoms with van der Waals surface area (Å²) in [6.45, 7) is 4.00. The summed E-state index contributed by atoms with van der Waals surface area (Å²) in [7, 11) is 0. The van der Waals surface area contributed by atoms with E-state index in [1.165, 1.54) is 0 Å². The van der Waals surface area contributed by atoms with Gasteiger partial charge in [0.25, 0.3) is 0 Å². The number of anilines is 2. The minimum absolute atomic E-state index is 0. The zero-order valence-corrected chi connectivity index (χ0v) is 16.6. The Morgan fingerprint density at radius 1 is 1.11 bits per heavy atom. The summed E-state index contributed by atoms with van der Waals surface area (Å²) in [5.74, 6) is 0.184. The second-order valence-electron chi connectivity index (χ2n) is 6.44. The molecule has 0 fully saturated rings. The van der Waals surface area contributed by atoms with Crippen molar-refractivity contribution in [3.05, 3.63) is 60.0 Å². The normalized spacial score (nSPS) is 10.4. The lowest BCUT2D eigenvalue weighted by Gasteiger charge is -2.12. The number of nitrogens with zero attached hydrogens (tertiary/aromatic N) is 2. The summed E-state index contributed by atoms with van der Waals surface area (Å²) in [5, 5.41) is 4.48. The van der Waals surface area contributed by atoms with E-state index in [0.29, 0.717) is 6.42 Å². The van der Waals surface area contributed by atoms with Crippen LogP contribution in [0.5, 0.6) is 0 Å². The van der Waals surface area contributed by atoms with Crippen molar-refractivity contribution in [3.8, 4) is 0 Å². The predicted molar refractivity (Wildman–Crippen MR) is 116 cm³/mol. The Hall–Kier alpha value is -2.96. The fourth-order valence-electron chi connectivity index (χ4n) is 3.23. The number of benzene rings is 2. The first-order valence-electron chi connectivity index (χ1n) is 8.79. The predicted octanol–water partition coefficient (Wildman–Crippen LogP) is 4.74. The van der Waals surface area contributed by atoms with E-state index in [-0.39, 0.29) is 23.7 Å². The van der Waals surface area contributed by atoms with Gasteiger partial charge in [-0.15, -0.1) is 12.4 Å². The Labute approximate surface area is 169 Å². The Balaban J connectivity index is 0.00000140. The number of ketones is 1. The summed E-state index contributed by atoms with van der Waals surface area (Å²) in [5.41, 5.74) is 6.38. The zero-order valence-electron chi connectivity index (χ0n) is 15.7. The molecule has 6 nitrogen and oxygen atoms in total. The molecule has 0 aliphatic rings. The van der Waals surface area contributed by atoms with Crippen molar-refractivity contribution in [2.24, 2.45) is 0 Å². The fourth-order valence-corrected chi connectivity index (χ4v) is 3.23. The van der Waals surface area contributed by atoms with E-state index in [9.17, 15) is 4.79 Å². The number of carbonyl (C=O) groups is 1. The third kappa shape index (κ3) is 3.98. The highest BCUT2D eigenvalue weighted by Crippen LogP contribution is 2.31. The molecule has 0 amide bonds. The molecule has 0 aliphatic carbocycles. The van der Waals surface area contributed by atoms with Crippen LogP contribution in [0.25, 0.3) is 21.9 Å². The van der Waals surface area contributed by atoms with Crippen LogP contribution >= 0.6 is 12.4 Å². The number of carbonyl (C=O) groups excluding carboxylic acids is 1. The Bertz CT molecular complexity index is 1110. The zero-order chi connectivity index (χ0) is 18.1. The van der Waals surface area contributed by atoms with E-state index in [1.807, 2.05) is 56.3 Å². The number of nitrogens with one attached hydrogen (secondary N) is 2. The summed E-state index contributed by atoms with van der Waals surface area (Å²) in [6.07, 6.45) is 3.14. The van der Waals surface area contributed by atoms with Gasteiger partial charge in [-0.05, 0) is 55.8 Å². The molecule has 2 aromatic heterocycles. The van der Waals surface area contributed by atoms with Gasteiger partial charge in [0.1, 0.15) is 0 Å². The van der Waals surface area contributed by atoms with Crippen molar-refractivity contribution in [1.82, 2.24) is 15.0 Å². The lowest BCUT2D eigenvalue weighted by molar-refractivity contribution is 0.0982. The first-order valence-corrected chi connectivity index (χ1v) is 8.79. The van der Waals surface area contributed by atoms with Crippen LogP contribution in [-0.4, -0.2) is 26.2 Å². The maximum atomic E-state index is 12.0. The van der Waals surface area contributed by atoms with Gasteiger partial charge in [-0.2, -0.15) is 0 Å². The number of halogens is 1. The first kappa shape index (κ1) is 21.3. The SMILES string of the molecule is CCCC(=O)c1ccc(Nc2cc(C)nc3ccc4nc[nH]c4c23)cc1.Cl.O. The van der Waals surface area contributed by atoms with E-state index in [1.54, 1.807) is 6.33 Å². The van der Waals surface area contributed by atoms with Crippen LogP contribution in [0.4, 0.5) is 11.4 Å². The molecular weight excluding hydrogens is 376 g/mol. The number of imidazole rings is 1. The molecular formula is C21H23ClN4O2. The number of hydrogen-bond acceptors (Lipinski definition) is 4. The van der Waals surface area contributed by atoms with E-state index in [2.05, 4.69) is 20.3 Å². The monoisotopic (exact) mass is 398 g/mol. The average molecular weight is 399 g/mol. The molecule has 0 bridgehead atoms. The average Bonchev–Trinajstić information content (AvgIpc) is 3.11. The summed E-state index contributed by atoms with van der Waals surface area (Å²) >= 11 is 0. The summed E-state index contributed by atoms with van der Waals surface area (Å²) in [4.78, 5) is 24.2. The maximum Gasteiger partial charge on any atom is 0.162 e. The molecule has 4 aromatic rings. The highest BCUT2D eigenvalue weighted by molar-refractivity contribution is 6.10. The molecule has 4 rings (SSSR count). The minimum Gasteiger partial charge on any atom is -0.412 e. The molecule has 4 N–H and O–H groups in total. The van der Waals surface area contributed by atoms with E-state index in [4.69, 9.17) is 0 Å². The topological polar surface area (TPSA) is 102 Å². The Kier molecular flexibility index (Phi) is 6.72. The van der Waals surface area contributed by atoms with Gasteiger partial charge >= 0.3 is 0 Å². The molecule has 0 saturated carbocycles. The number of aryl methyl sites for hydroxylation is 1. The number of aromatic amines is 1. The molecule has 0 atom stereocenters. The molecule has 2 heterocycles. The number of fused-ring (bicyclic) bond motifs is 3. The van der Waals surface area contributed by atoms with Crippen molar-refractivity contribution >= 4 is 51.5 Å². The van der Waals surface area contributed by atoms with Gasteiger partial charge in [-0.1, -0.05) is 6.92 Å². The second-order valence-corrected chi connectivity index (χ2v) is 6.44. The number of H-pyrrole nitrogens is 1. The molecule has 0 spiro atoms. The van der Waals surface area contributed by atoms with Crippen molar-refractivity contribution in [2.45, 2.75) is 26.7 Å². The smallest absolute Gasteiger partial charge is 0.162 e. The Morgan fingerprint density at radius 2 is 1.82 bits per heavy atom. The van der Waals surface area contributed by atoms with Crippen LogP contribution in [-0.2, 0) is 0 Å². The number of rotatable bonds is 5. The fraction of sp³-hybridized carbons (Fsp3) is 0.190. The highest BCUT2D eigenvalue weighted by Gasteiger charge is 2.11. The number of pyridine rings is 1. The van der Waals surface area contributed by atoms with Gasteiger partial charge in [-0.3, -0.25) is 9.78 Å². The second kappa shape index (κ2) is 8.82. The molecule has 0 radical (unpaired) electrons. The molecule has 7 heteroatoms. The van der Waals surface area contributed by atoms with Crippen molar-refractivity contribution in [2.75, 3.05) is 5.32 Å². The number of Topliss-reactive ketones (excluding diaryl/α,β-unsaturated/α-hetero) is 1. The van der Waals surface area contributed by atoms with Crippen LogP contribution in [0.1, 0.15) is 35.8 Å². The molecule has 28 heavy (non-hydrogen) atoms. The third-order valence-electron chi connectivity index (χ3n) is 4.46. The van der Waals surface area contributed by atoms with E-state index in [0.717, 1.165) is 51.0 Å². The van der Waals surface area contributed by atoms with E-state index >= 15 is 0 Å². The lowest BCUT2D eigenvalue weighted by atomic mass is 10.1. The van der Waals surface area contributed by atoms with Gasteiger partial charge in [-0.25, -0.2) is 4.98 Å². The quantitative estimate of drug-likeness (QED) is 0.474. The van der Waals surface area contributed by atoms with Crippen LogP contribution in [0.2, 0.25) is 0 Å². The molecule has 2 aromatic carbocycles. The van der Waals surface area contributed by atoms with Gasteiger partial charge in [0.2, 0.25) is 0 Å². The van der Waals surface area contributed by atoms with Crippen LogP contribution in [0, 0.1) is 6.92 Å². The third-order valence-corrected chi connectivity index (χ3v) is 4.46.